The van der Waals surface area contributed by atoms with Crippen LogP contribution in [-0.2, 0) is 14.8 Å². The fourth-order valence-corrected chi connectivity index (χ4v) is 3.77. The molecule has 0 heterocycles. The summed E-state index contributed by atoms with van der Waals surface area (Å²) in [4.78, 5) is 0.0838. The Morgan fingerprint density at radius 1 is 1.42 bits per heavy atom. The molecule has 0 spiro atoms. The summed E-state index contributed by atoms with van der Waals surface area (Å²) in [6.45, 7) is 0.674. The minimum Gasteiger partial charge on any atom is -0.383 e. The Hall–Kier alpha value is -1.42. The van der Waals surface area contributed by atoms with Gasteiger partial charge in [-0.1, -0.05) is 12.1 Å². The highest BCUT2D eigenvalue weighted by atomic mass is 32.2. The number of hydrogen-bond acceptors (Lipinski definition) is 4. The van der Waals surface area contributed by atoms with Gasteiger partial charge in [0, 0.05) is 19.7 Å². The van der Waals surface area contributed by atoms with Crippen LogP contribution in [0.2, 0.25) is 0 Å². The van der Waals surface area contributed by atoms with Crippen LogP contribution in [0.3, 0.4) is 0 Å². The molecule has 0 radical (unpaired) electrons. The van der Waals surface area contributed by atoms with Crippen molar-refractivity contribution in [3.63, 3.8) is 0 Å². The molecule has 1 saturated carbocycles. The fraction of sp³-hybridized carbons (Fsp3) is 0.462. The fourth-order valence-electron chi connectivity index (χ4n) is 1.95. The lowest BCUT2D eigenvalue weighted by atomic mass is 10.2. The molecule has 19 heavy (non-hydrogen) atoms. The molecule has 102 valence electrons. The van der Waals surface area contributed by atoms with Gasteiger partial charge in [-0.3, -0.25) is 0 Å². The van der Waals surface area contributed by atoms with Crippen LogP contribution in [0.4, 0.5) is 0 Å². The first-order valence-electron chi connectivity index (χ1n) is 6.11. The monoisotopic (exact) mass is 280 g/mol. The molecule has 0 unspecified atom stereocenters. The minimum atomic E-state index is -3.62. The Bertz CT molecular complexity index is 588. The maximum atomic E-state index is 12.6. The zero-order valence-corrected chi connectivity index (χ0v) is 11.6. The number of ether oxygens (including phenoxy) is 1. The van der Waals surface area contributed by atoms with Gasteiger partial charge >= 0.3 is 0 Å². The summed E-state index contributed by atoms with van der Waals surface area (Å²) in [6, 6.07) is 8.28. The molecule has 0 saturated heterocycles. The van der Waals surface area contributed by atoms with Crippen LogP contribution < -0.4 is 0 Å². The molecule has 0 atom stereocenters. The van der Waals surface area contributed by atoms with Crippen LogP contribution in [0.25, 0.3) is 0 Å². The number of benzene rings is 1. The Kier molecular flexibility index (Phi) is 4.20. The molecule has 0 amide bonds. The van der Waals surface area contributed by atoms with Crippen molar-refractivity contribution >= 4 is 10.0 Å². The van der Waals surface area contributed by atoms with Crippen molar-refractivity contribution in [2.75, 3.05) is 20.3 Å². The standard InChI is InChI=1S/C13H16N2O3S/c1-18-9-8-15(12-6-7-12)19(16,17)13-5-3-2-4-11(13)10-14/h2-5,12H,6-9H2,1H3. The molecule has 0 aromatic heterocycles. The van der Waals surface area contributed by atoms with E-state index in [0.29, 0.717) is 13.2 Å². The first kappa shape index (κ1) is 14.0. The lowest BCUT2D eigenvalue weighted by Crippen LogP contribution is -2.36. The summed E-state index contributed by atoms with van der Waals surface area (Å²) in [5.41, 5.74) is 0.186. The second-order valence-corrected chi connectivity index (χ2v) is 6.31. The van der Waals surface area contributed by atoms with E-state index in [1.165, 1.54) is 16.4 Å². The van der Waals surface area contributed by atoms with Crippen LogP contribution in [0.5, 0.6) is 0 Å². The summed E-state index contributed by atoms with van der Waals surface area (Å²) in [7, 11) is -2.08. The number of sulfonamides is 1. The highest BCUT2D eigenvalue weighted by Crippen LogP contribution is 2.32. The molecule has 0 N–H and O–H groups in total. The van der Waals surface area contributed by atoms with Gasteiger partial charge in [0.15, 0.2) is 0 Å². The smallest absolute Gasteiger partial charge is 0.244 e. The van der Waals surface area contributed by atoms with Crippen molar-refractivity contribution in [3.05, 3.63) is 29.8 Å². The SMILES string of the molecule is COCCN(C1CC1)S(=O)(=O)c1ccccc1C#N. The maximum absolute atomic E-state index is 12.6. The van der Waals surface area contributed by atoms with Gasteiger partial charge in [-0.15, -0.1) is 0 Å². The van der Waals surface area contributed by atoms with Crippen LogP contribution in [0, 0.1) is 11.3 Å². The number of nitriles is 1. The van der Waals surface area contributed by atoms with Gasteiger partial charge in [0.1, 0.15) is 6.07 Å². The number of hydrogen-bond donors (Lipinski definition) is 0. The third-order valence-electron chi connectivity index (χ3n) is 3.06. The molecule has 6 heteroatoms. The van der Waals surface area contributed by atoms with E-state index in [1.807, 2.05) is 6.07 Å². The summed E-state index contributed by atoms with van der Waals surface area (Å²) in [5.74, 6) is 0. The van der Waals surface area contributed by atoms with E-state index in [9.17, 15) is 8.42 Å². The highest BCUT2D eigenvalue weighted by Gasteiger charge is 2.38. The van der Waals surface area contributed by atoms with E-state index in [1.54, 1.807) is 19.2 Å². The van der Waals surface area contributed by atoms with Crippen LogP contribution in [0.1, 0.15) is 18.4 Å². The minimum absolute atomic E-state index is 0.0481. The van der Waals surface area contributed by atoms with Gasteiger partial charge in [0.05, 0.1) is 17.1 Å². The number of methoxy groups -OCH3 is 1. The predicted molar refractivity (Wildman–Crippen MR) is 69.9 cm³/mol. The van der Waals surface area contributed by atoms with E-state index in [4.69, 9.17) is 10.00 Å². The largest absolute Gasteiger partial charge is 0.383 e. The maximum Gasteiger partial charge on any atom is 0.244 e. The predicted octanol–water partition coefficient (Wildman–Crippen LogP) is 1.36. The average molecular weight is 280 g/mol. The molecule has 1 aliphatic carbocycles. The van der Waals surface area contributed by atoms with Gasteiger partial charge < -0.3 is 4.74 Å². The van der Waals surface area contributed by atoms with Gasteiger partial charge in [0.25, 0.3) is 0 Å². The Morgan fingerprint density at radius 2 is 2.11 bits per heavy atom. The third-order valence-corrected chi connectivity index (χ3v) is 5.07. The average Bonchev–Trinajstić information content (AvgIpc) is 3.23. The molecule has 0 bridgehead atoms. The van der Waals surface area contributed by atoms with Crippen LogP contribution in [-0.4, -0.2) is 39.0 Å². The van der Waals surface area contributed by atoms with E-state index in [2.05, 4.69) is 0 Å². The quantitative estimate of drug-likeness (QED) is 0.789. The van der Waals surface area contributed by atoms with Crippen molar-refractivity contribution < 1.29 is 13.2 Å². The highest BCUT2D eigenvalue weighted by molar-refractivity contribution is 7.89. The first-order chi connectivity index (χ1) is 9.11. The Morgan fingerprint density at radius 3 is 2.68 bits per heavy atom. The summed E-state index contributed by atoms with van der Waals surface area (Å²) in [5, 5.41) is 9.04. The number of nitrogens with zero attached hydrogens (tertiary/aromatic N) is 2. The number of rotatable bonds is 6. The lowest BCUT2D eigenvalue weighted by molar-refractivity contribution is 0.177. The van der Waals surface area contributed by atoms with E-state index < -0.39 is 10.0 Å². The molecule has 0 aliphatic heterocycles. The second-order valence-electron chi connectivity index (χ2n) is 4.45. The second kappa shape index (κ2) is 5.70. The summed E-state index contributed by atoms with van der Waals surface area (Å²) in [6.07, 6.45) is 1.75. The van der Waals surface area contributed by atoms with Crippen molar-refractivity contribution in [2.45, 2.75) is 23.8 Å². The zero-order chi connectivity index (χ0) is 13.9. The summed E-state index contributed by atoms with van der Waals surface area (Å²) < 4.78 is 31.7. The van der Waals surface area contributed by atoms with Crippen LogP contribution in [0.15, 0.2) is 29.2 Å². The summed E-state index contributed by atoms with van der Waals surface area (Å²) >= 11 is 0. The zero-order valence-electron chi connectivity index (χ0n) is 10.7. The molecule has 1 aromatic carbocycles. The molecule has 1 fully saturated rings. The van der Waals surface area contributed by atoms with Gasteiger partial charge in [-0.25, -0.2) is 8.42 Å². The van der Waals surface area contributed by atoms with Crippen molar-refractivity contribution in [1.29, 1.82) is 5.26 Å². The van der Waals surface area contributed by atoms with Gasteiger partial charge in [0.2, 0.25) is 10.0 Å². The molecule has 1 aliphatic rings. The van der Waals surface area contributed by atoms with E-state index in [0.717, 1.165) is 12.8 Å². The van der Waals surface area contributed by atoms with Crippen LogP contribution >= 0.6 is 0 Å². The lowest BCUT2D eigenvalue weighted by Gasteiger charge is -2.22. The molecule has 1 aromatic rings. The van der Waals surface area contributed by atoms with E-state index >= 15 is 0 Å². The Balaban J connectivity index is 2.36. The molecule has 5 nitrogen and oxygen atoms in total. The van der Waals surface area contributed by atoms with Gasteiger partial charge in [-0.05, 0) is 25.0 Å². The van der Waals surface area contributed by atoms with E-state index in [-0.39, 0.29) is 16.5 Å². The Labute approximate surface area is 113 Å². The van der Waals surface area contributed by atoms with Crippen molar-refractivity contribution in [3.8, 4) is 6.07 Å². The molecular formula is C13H16N2O3S. The van der Waals surface area contributed by atoms with Crippen molar-refractivity contribution in [1.82, 2.24) is 4.31 Å². The normalized spacial score (nSPS) is 15.4. The topological polar surface area (TPSA) is 70.4 Å². The van der Waals surface area contributed by atoms with Crippen molar-refractivity contribution in [2.24, 2.45) is 0 Å². The molecule has 2 rings (SSSR count). The van der Waals surface area contributed by atoms with Gasteiger partial charge in [-0.2, -0.15) is 9.57 Å². The first-order valence-corrected chi connectivity index (χ1v) is 7.55. The third kappa shape index (κ3) is 2.95. The molecular weight excluding hydrogens is 264 g/mol.